The molecule has 7 nitrogen and oxygen atoms in total. The van der Waals surface area contributed by atoms with E-state index in [-0.39, 0.29) is 6.42 Å². The maximum absolute atomic E-state index is 12.0. The first-order valence-corrected chi connectivity index (χ1v) is 14.5. The number of nitrogens with zero attached hydrogens (tertiary/aromatic N) is 4. The van der Waals surface area contributed by atoms with Crippen molar-refractivity contribution in [3.63, 3.8) is 0 Å². The molecular formula is C34H29ClN4O3. The summed E-state index contributed by atoms with van der Waals surface area (Å²) < 4.78 is 7.74. The first-order chi connectivity index (χ1) is 20.5. The number of aromatic nitrogens is 3. The summed E-state index contributed by atoms with van der Waals surface area (Å²) in [5.41, 5.74) is 9.19. The van der Waals surface area contributed by atoms with Crippen LogP contribution in [0.1, 0.15) is 23.2 Å². The van der Waals surface area contributed by atoms with E-state index in [1.54, 1.807) is 4.52 Å². The number of allylic oxidation sites excluding steroid dienone is 1. The zero-order valence-electron chi connectivity index (χ0n) is 23.2. The van der Waals surface area contributed by atoms with Gasteiger partial charge < -0.3 is 14.7 Å². The molecule has 1 N–H and O–H groups in total. The van der Waals surface area contributed by atoms with Gasteiger partial charge >= 0.3 is 5.97 Å². The van der Waals surface area contributed by atoms with Crippen LogP contribution in [0.25, 0.3) is 39.3 Å². The average Bonchev–Trinajstić information content (AvgIpc) is 3.41. The van der Waals surface area contributed by atoms with Crippen LogP contribution in [-0.2, 0) is 17.6 Å². The van der Waals surface area contributed by atoms with Gasteiger partial charge in [-0.25, -0.2) is 9.50 Å². The van der Waals surface area contributed by atoms with Gasteiger partial charge in [-0.2, -0.15) is 5.10 Å². The number of aliphatic carboxylic acids is 1. The topological polar surface area (TPSA) is 80.0 Å². The SMILES string of the molecule is Cc1nc2cc3nn2c(c1CC(=O)O)-c1ccc2c(c1Cl)N(C/C=C\CCc1cccc(c1)-c1cccc-3c1)CCO2. The van der Waals surface area contributed by atoms with Crippen LogP contribution in [0.5, 0.6) is 5.75 Å². The molecule has 0 atom stereocenters. The number of halogens is 1. The summed E-state index contributed by atoms with van der Waals surface area (Å²) in [5.74, 6) is -0.233. The van der Waals surface area contributed by atoms with Crippen LogP contribution >= 0.6 is 11.6 Å². The van der Waals surface area contributed by atoms with Crippen molar-refractivity contribution in [1.82, 2.24) is 14.6 Å². The fourth-order valence-corrected chi connectivity index (χ4v) is 6.33. The molecule has 2 aromatic heterocycles. The van der Waals surface area contributed by atoms with E-state index in [4.69, 9.17) is 26.4 Å². The van der Waals surface area contributed by atoms with E-state index in [9.17, 15) is 9.90 Å². The molecule has 2 aliphatic rings. The number of anilines is 1. The van der Waals surface area contributed by atoms with E-state index < -0.39 is 5.97 Å². The van der Waals surface area contributed by atoms with Crippen LogP contribution in [0.4, 0.5) is 5.69 Å². The summed E-state index contributed by atoms with van der Waals surface area (Å²) in [7, 11) is 0. The van der Waals surface area contributed by atoms with Crippen LogP contribution in [0, 0.1) is 6.92 Å². The van der Waals surface area contributed by atoms with E-state index in [1.165, 1.54) is 5.56 Å². The summed E-state index contributed by atoms with van der Waals surface area (Å²) in [4.78, 5) is 19.0. The van der Waals surface area contributed by atoms with Gasteiger partial charge in [0.2, 0.25) is 0 Å². The number of ether oxygens (including phenoxy) is 1. The highest BCUT2D eigenvalue weighted by Crippen LogP contribution is 2.45. The second-order valence-electron chi connectivity index (χ2n) is 10.8. The highest BCUT2D eigenvalue weighted by atomic mass is 35.5. The first kappa shape index (κ1) is 26.3. The summed E-state index contributed by atoms with van der Waals surface area (Å²) >= 11 is 7.22. The third-order valence-corrected chi connectivity index (χ3v) is 8.40. The average molecular weight is 577 g/mol. The number of hydrogen-bond acceptors (Lipinski definition) is 5. The Hall–Kier alpha value is -4.62. The summed E-state index contributed by atoms with van der Waals surface area (Å²) in [6.45, 7) is 3.78. The number of carboxylic acids is 1. The van der Waals surface area contributed by atoms with Crippen molar-refractivity contribution in [2.24, 2.45) is 0 Å². The molecule has 0 amide bonds. The minimum absolute atomic E-state index is 0.207. The van der Waals surface area contributed by atoms with Gasteiger partial charge in [-0.3, -0.25) is 4.79 Å². The molecular weight excluding hydrogens is 548 g/mol. The van der Waals surface area contributed by atoms with Crippen LogP contribution < -0.4 is 9.64 Å². The lowest BCUT2D eigenvalue weighted by Gasteiger charge is -2.32. The largest absolute Gasteiger partial charge is 0.490 e. The quantitative estimate of drug-likeness (QED) is 0.227. The first-order valence-electron chi connectivity index (χ1n) is 14.1. The lowest BCUT2D eigenvalue weighted by Crippen LogP contribution is -2.33. The Morgan fingerprint density at radius 1 is 1.02 bits per heavy atom. The molecule has 2 aliphatic heterocycles. The maximum atomic E-state index is 12.0. The Balaban J connectivity index is 1.50. The molecule has 0 spiro atoms. The third-order valence-electron chi connectivity index (χ3n) is 8.02. The smallest absolute Gasteiger partial charge is 0.307 e. The predicted molar refractivity (Wildman–Crippen MR) is 166 cm³/mol. The van der Waals surface area contributed by atoms with Crippen LogP contribution in [0.3, 0.4) is 0 Å². The number of benzene rings is 3. The lowest BCUT2D eigenvalue weighted by molar-refractivity contribution is -0.136. The fraction of sp³-hybridized carbons (Fsp3) is 0.206. The van der Waals surface area contributed by atoms with Crippen molar-refractivity contribution in [2.45, 2.75) is 26.2 Å². The highest BCUT2D eigenvalue weighted by molar-refractivity contribution is 6.36. The Kier molecular flexibility index (Phi) is 6.67. The monoisotopic (exact) mass is 576 g/mol. The van der Waals surface area contributed by atoms with Crippen LogP contribution in [0.2, 0.25) is 5.02 Å². The number of rotatable bonds is 2. The Labute approximate surface area is 248 Å². The number of fused-ring (bicyclic) bond motifs is 9. The second kappa shape index (κ2) is 10.7. The predicted octanol–water partition coefficient (Wildman–Crippen LogP) is 7.02. The fourth-order valence-electron chi connectivity index (χ4n) is 5.97. The molecule has 210 valence electrons. The summed E-state index contributed by atoms with van der Waals surface area (Å²) in [6, 6.07) is 22.8. The minimum atomic E-state index is -0.947. The van der Waals surface area contributed by atoms with Gasteiger partial charge in [-0.1, -0.05) is 66.2 Å². The van der Waals surface area contributed by atoms with E-state index in [0.29, 0.717) is 58.6 Å². The van der Waals surface area contributed by atoms with Crippen molar-refractivity contribution in [3.8, 4) is 39.4 Å². The molecule has 0 radical (unpaired) electrons. The van der Waals surface area contributed by atoms with Gasteiger partial charge in [0.25, 0.3) is 0 Å². The molecule has 5 aromatic rings. The minimum Gasteiger partial charge on any atom is -0.490 e. The van der Waals surface area contributed by atoms with E-state index in [1.807, 2.05) is 37.3 Å². The van der Waals surface area contributed by atoms with E-state index >= 15 is 0 Å². The Morgan fingerprint density at radius 2 is 1.83 bits per heavy atom. The van der Waals surface area contributed by atoms with Gasteiger partial charge in [0, 0.05) is 35.0 Å². The molecule has 0 aliphatic carbocycles. The van der Waals surface area contributed by atoms with E-state index in [0.717, 1.165) is 40.9 Å². The molecule has 7 rings (SSSR count). The number of carboxylic acid groups (broad SMARTS) is 1. The molecule has 8 heteroatoms. The molecule has 8 bridgehead atoms. The normalized spacial score (nSPS) is 15.0. The molecule has 0 unspecified atom stereocenters. The van der Waals surface area contributed by atoms with Crippen molar-refractivity contribution >= 4 is 28.9 Å². The van der Waals surface area contributed by atoms with Gasteiger partial charge in [-0.05, 0) is 54.7 Å². The highest BCUT2D eigenvalue weighted by Gasteiger charge is 2.27. The maximum Gasteiger partial charge on any atom is 0.307 e. The number of hydrogen-bond donors (Lipinski definition) is 1. The number of carbonyl (C=O) groups is 1. The molecule has 42 heavy (non-hydrogen) atoms. The molecule has 0 saturated carbocycles. The van der Waals surface area contributed by atoms with Crippen molar-refractivity contribution in [3.05, 3.63) is 101 Å². The van der Waals surface area contributed by atoms with Crippen molar-refractivity contribution in [2.75, 3.05) is 24.6 Å². The zero-order chi connectivity index (χ0) is 28.8. The third kappa shape index (κ3) is 4.69. The van der Waals surface area contributed by atoms with Gasteiger partial charge in [-0.15, -0.1) is 0 Å². The van der Waals surface area contributed by atoms with Crippen LogP contribution in [0.15, 0.2) is 78.9 Å². The zero-order valence-corrected chi connectivity index (χ0v) is 23.9. The van der Waals surface area contributed by atoms with E-state index in [2.05, 4.69) is 53.5 Å². The molecule has 3 aromatic carbocycles. The standard InChI is InChI=1S/C34H29ClN4O3/c1-21-27(19-31(40)41)33-26-12-13-29-34(32(26)35)38(15-16-42-29)14-4-2-3-7-22-8-5-9-23(17-22)24-10-6-11-25(18-24)28-20-30(36-21)39(33)37-28/h2,4-6,8-13,17-18,20H,3,7,14-16,19H2,1H3,(H,40,41)/b4-2-. The van der Waals surface area contributed by atoms with Crippen LogP contribution in [-0.4, -0.2) is 45.4 Å². The lowest BCUT2D eigenvalue weighted by atomic mass is 9.98. The van der Waals surface area contributed by atoms with Gasteiger partial charge in [0.05, 0.1) is 35.1 Å². The van der Waals surface area contributed by atoms with Crippen molar-refractivity contribution in [1.29, 1.82) is 0 Å². The Bertz CT molecular complexity index is 1890. The molecule has 0 saturated heterocycles. The van der Waals surface area contributed by atoms with Gasteiger partial charge in [0.15, 0.2) is 5.65 Å². The molecule has 4 heterocycles. The van der Waals surface area contributed by atoms with Gasteiger partial charge in [0.1, 0.15) is 12.4 Å². The Morgan fingerprint density at radius 3 is 2.69 bits per heavy atom. The molecule has 0 fully saturated rings. The summed E-state index contributed by atoms with van der Waals surface area (Å²) in [6.07, 6.45) is 6.07. The second-order valence-corrected chi connectivity index (χ2v) is 11.1. The number of aryl methyl sites for hydroxylation is 2. The van der Waals surface area contributed by atoms with Crippen molar-refractivity contribution < 1.29 is 14.6 Å². The summed E-state index contributed by atoms with van der Waals surface area (Å²) in [5, 5.41) is 15.4.